The van der Waals surface area contributed by atoms with Gasteiger partial charge in [-0.3, -0.25) is 4.79 Å². The Morgan fingerprint density at radius 1 is 1.36 bits per heavy atom. The average Bonchev–Trinajstić information content (AvgIpc) is 2.91. The van der Waals surface area contributed by atoms with Gasteiger partial charge in [0.25, 0.3) is 0 Å². The summed E-state index contributed by atoms with van der Waals surface area (Å²) in [5.74, 6) is 0.974. The Bertz CT molecular complexity index is 701. The van der Waals surface area contributed by atoms with Gasteiger partial charge in [0.05, 0.1) is 11.6 Å². The maximum Gasteiger partial charge on any atom is 0.229 e. The van der Waals surface area contributed by atoms with E-state index < -0.39 is 0 Å². The number of amides is 1. The average molecular weight is 330 g/mol. The molecular weight excluding hydrogens is 316 g/mol. The number of thioether (sulfide) groups is 1. The van der Waals surface area contributed by atoms with E-state index in [4.69, 9.17) is 5.26 Å². The largest absolute Gasteiger partial charge is 0.300 e. The molecule has 1 fully saturated rings. The van der Waals surface area contributed by atoms with Crippen LogP contribution in [0.4, 0.5) is 5.13 Å². The van der Waals surface area contributed by atoms with Gasteiger partial charge in [0.15, 0.2) is 4.34 Å². The first-order chi connectivity index (χ1) is 10.7. The van der Waals surface area contributed by atoms with E-state index in [9.17, 15) is 4.79 Å². The van der Waals surface area contributed by atoms with Gasteiger partial charge in [0.2, 0.25) is 11.0 Å². The molecular formula is C15H14N4OS2. The van der Waals surface area contributed by atoms with Gasteiger partial charge < -0.3 is 5.32 Å². The number of anilines is 1. The Balaban J connectivity index is 1.52. The van der Waals surface area contributed by atoms with Crippen LogP contribution in [0.15, 0.2) is 28.6 Å². The zero-order valence-corrected chi connectivity index (χ0v) is 13.4. The first kappa shape index (κ1) is 15.0. The van der Waals surface area contributed by atoms with Crippen molar-refractivity contribution in [1.82, 2.24) is 10.2 Å². The van der Waals surface area contributed by atoms with Crippen LogP contribution in [0.5, 0.6) is 0 Å². The van der Waals surface area contributed by atoms with Crippen LogP contribution in [0.2, 0.25) is 0 Å². The third kappa shape index (κ3) is 3.64. The molecule has 1 N–H and O–H groups in total. The van der Waals surface area contributed by atoms with Gasteiger partial charge in [0.1, 0.15) is 0 Å². The van der Waals surface area contributed by atoms with Gasteiger partial charge in [0, 0.05) is 11.7 Å². The number of hydrogen-bond acceptors (Lipinski definition) is 6. The van der Waals surface area contributed by atoms with Crippen molar-refractivity contribution in [2.24, 2.45) is 5.92 Å². The monoisotopic (exact) mass is 330 g/mol. The van der Waals surface area contributed by atoms with Crippen molar-refractivity contribution >= 4 is 34.1 Å². The molecule has 0 saturated heterocycles. The number of hydrogen-bond donors (Lipinski definition) is 1. The molecule has 1 saturated carbocycles. The highest BCUT2D eigenvalue weighted by atomic mass is 32.2. The molecule has 0 radical (unpaired) electrons. The third-order valence-corrected chi connectivity index (χ3v) is 5.60. The fourth-order valence-corrected chi connectivity index (χ4v) is 3.73. The Hall–Kier alpha value is -1.91. The lowest BCUT2D eigenvalue weighted by molar-refractivity contribution is -0.122. The van der Waals surface area contributed by atoms with Crippen LogP contribution in [0.25, 0.3) is 0 Å². The number of benzene rings is 1. The van der Waals surface area contributed by atoms with E-state index in [-0.39, 0.29) is 11.8 Å². The molecule has 112 valence electrons. The molecule has 1 aliphatic rings. The van der Waals surface area contributed by atoms with E-state index in [1.165, 1.54) is 11.3 Å². The van der Waals surface area contributed by atoms with Crippen LogP contribution < -0.4 is 5.32 Å². The summed E-state index contributed by atoms with van der Waals surface area (Å²) in [6.07, 6.45) is 3.09. The maximum atomic E-state index is 11.8. The van der Waals surface area contributed by atoms with Crippen LogP contribution in [-0.2, 0) is 10.5 Å². The molecule has 1 aliphatic carbocycles. The lowest BCUT2D eigenvalue weighted by Crippen LogP contribution is -2.27. The second-order valence-corrected chi connectivity index (χ2v) is 7.29. The van der Waals surface area contributed by atoms with Gasteiger partial charge in [-0.15, -0.1) is 10.2 Å². The quantitative estimate of drug-likeness (QED) is 0.671. The minimum atomic E-state index is 0.0612. The van der Waals surface area contributed by atoms with E-state index in [0.29, 0.717) is 10.7 Å². The molecule has 0 bridgehead atoms. The minimum Gasteiger partial charge on any atom is -0.300 e. The molecule has 0 unspecified atom stereocenters. The molecule has 2 aromatic rings. The fourth-order valence-electron chi connectivity index (χ4n) is 2.02. The molecule has 5 nitrogen and oxygen atoms in total. The first-order valence-corrected chi connectivity index (χ1v) is 8.81. The van der Waals surface area contributed by atoms with Gasteiger partial charge in [-0.25, -0.2) is 0 Å². The van der Waals surface area contributed by atoms with Crippen molar-refractivity contribution in [1.29, 1.82) is 5.26 Å². The molecule has 1 amide bonds. The van der Waals surface area contributed by atoms with Gasteiger partial charge >= 0.3 is 0 Å². The number of nitriles is 1. The second kappa shape index (κ2) is 6.90. The zero-order valence-electron chi connectivity index (χ0n) is 11.8. The van der Waals surface area contributed by atoms with Crippen LogP contribution in [-0.4, -0.2) is 16.1 Å². The number of rotatable bonds is 5. The SMILES string of the molecule is N#Cc1ccc(CSc2nnc(NC(=O)C3CCC3)s2)cc1. The molecule has 22 heavy (non-hydrogen) atoms. The molecule has 3 rings (SSSR count). The number of carbonyl (C=O) groups excluding carboxylic acids is 1. The van der Waals surface area contributed by atoms with E-state index in [1.54, 1.807) is 23.9 Å². The van der Waals surface area contributed by atoms with Crippen molar-refractivity contribution in [3.8, 4) is 6.07 Å². The summed E-state index contributed by atoms with van der Waals surface area (Å²) in [5, 5.41) is 20.3. The fraction of sp³-hybridized carbons (Fsp3) is 0.333. The van der Waals surface area contributed by atoms with Crippen molar-refractivity contribution in [3.05, 3.63) is 35.4 Å². The Labute approximate surface area is 136 Å². The Morgan fingerprint density at radius 3 is 2.77 bits per heavy atom. The van der Waals surface area contributed by atoms with Gasteiger partial charge in [-0.1, -0.05) is 41.7 Å². The summed E-state index contributed by atoms with van der Waals surface area (Å²) in [7, 11) is 0. The minimum absolute atomic E-state index is 0.0612. The molecule has 0 atom stereocenters. The first-order valence-electron chi connectivity index (χ1n) is 7.01. The van der Waals surface area contributed by atoms with Gasteiger partial charge in [-0.2, -0.15) is 5.26 Å². The summed E-state index contributed by atoms with van der Waals surface area (Å²) < 4.78 is 0.827. The lowest BCUT2D eigenvalue weighted by Gasteiger charge is -2.23. The summed E-state index contributed by atoms with van der Waals surface area (Å²) in [6.45, 7) is 0. The van der Waals surface area contributed by atoms with Crippen molar-refractivity contribution < 1.29 is 4.79 Å². The van der Waals surface area contributed by atoms with Crippen LogP contribution >= 0.6 is 23.1 Å². The summed E-state index contributed by atoms with van der Waals surface area (Å²) >= 11 is 2.97. The molecule has 1 heterocycles. The smallest absolute Gasteiger partial charge is 0.229 e. The maximum absolute atomic E-state index is 11.8. The second-order valence-electron chi connectivity index (χ2n) is 5.09. The van der Waals surface area contributed by atoms with Crippen molar-refractivity contribution in [3.63, 3.8) is 0 Å². The van der Waals surface area contributed by atoms with E-state index in [0.717, 1.165) is 34.9 Å². The number of aromatic nitrogens is 2. The Kier molecular flexibility index (Phi) is 4.71. The summed E-state index contributed by atoms with van der Waals surface area (Å²) in [4.78, 5) is 11.8. The van der Waals surface area contributed by atoms with Crippen molar-refractivity contribution in [2.45, 2.75) is 29.4 Å². The number of carbonyl (C=O) groups is 1. The van der Waals surface area contributed by atoms with Gasteiger partial charge in [-0.05, 0) is 30.5 Å². The highest BCUT2D eigenvalue weighted by Gasteiger charge is 2.25. The predicted molar refractivity (Wildman–Crippen MR) is 86.6 cm³/mol. The van der Waals surface area contributed by atoms with E-state index >= 15 is 0 Å². The molecule has 1 aromatic carbocycles. The molecule has 7 heteroatoms. The van der Waals surface area contributed by atoms with Crippen LogP contribution in [0.3, 0.4) is 0 Å². The zero-order chi connectivity index (χ0) is 15.4. The Morgan fingerprint density at radius 2 is 2.14 bits per heavy atom. The number of nitrogens with one attached hydrogen (secondary N) is 1. The number of nitrogens with zero attached hydrogens (tertiary/aromatic N) is 3. The summed E-state index contributed by atoms with van der Waals surface area (Å²) in [6, 6.07) is 9.59. The third-order valence-electron chi connectivity index (χ3n) is 3.56. The van der Waals surface area contributed by atoms with E-state index in [1.807, 2.05) is 12.1 Å². The highest BCUT2D eigenvalue weighted by molar-refractivity contribution is 8.00. The molecule has 1 aromatic heterocycles. The molecule has 0 spiro atoms. The normalized spacial score (nSPS) is 14.1. The van der Waals surface area contributed by atoms with E-state index in [2.05, 4.69) is 21.6 Å². The van der Waals surface area contributed by atoms with Crippen LogP contribution in [0.1, 0.15) is 30.4 Å². The summed E-state index contributed by atoms with van der Waals surface area (Å²) in [5.41, 5.74) is 1.78. The van der Waals surface area contributed by atoms with Crippen molar-refractivity contribution in [2.75, 3.05) is 5.32 Å². The molecule has 0 aliphatic heterocycles. The topological polar surface area (TPSA) is 78.7 Å². The highest BCUT2D eigenvalue weighted by Crippen LogP contribution is 2.31. The predicted octanol–water partition coefficient (Wildman–Crippen LogP) is 3.44. The van der Waals surface area contributed by atoms with Crippen LogP contribution in [0, 0.1) is 17.2 Å². The standard InChI is InChI=1S/C15H14N4OS2/c16-8-10-4-6-11(7-5-10)9-21-15-19-18-14(22-15)17-13(20)12-2-1-3-12/h4-7,12H,1-3,9H2,(H,17,18,20). The lowest BCUT2D eigenvalue weighted by atomic mass is 9.85.